The molecule has 1 aliphatic rings. The summed E-state index contributed by atoms with van der Waals surface area (Å²) in [5.41, 5.74) is 7.18. The Kier molecular flexibility index (Phi) is 2.42. The molecule has 1 fully saturated rings. The van der Waals surface area contributed by atoms with Crippen LogP contribution in [0, 0.1) is 13.8 Å². The van der Waals surface area contributed by atoms with Crippen molar-refractivity contribution in [2.75, 3.05) is 5.43 Å². The Morgan fingerprint density at radius 1 is 1.29 bits per heavy atom. The zero-order valence-corrected chi connectivity index (χ0v) is 10.3. The van der Waals surface area contributed by atoms with E-state index in [-0.39, 0.29) is 0 Å². The molecule has 1 aliphatic carbocycles. The smallest absolute Gasteiger partial charge is 0.0951 e. The third-order valence-corrected chi connectivity index (χ3v) is 3.38. The van der Waals surface area contributed by atoms with Crippen LogP contribution in [0.5, 0.6) is 0 Å². The van der Waals surface area contributed by atoms with Gasteiger partial charge in [-0.1, -0.05) is 0 Å². The first-order valence-electron chi connectivity index (χ1n) is 6.15. The Morgan fingerprint density at radius 2 is 2.00 bits per heavy atom. The van der Waals surface area contributed by atoms with E-state index in [2.05, 4.69) is 45.6 Å². The van der Waals surface area contributed by atoms with E-state index in [0.717, 1.165) is 6.54 Å². The van der Waals surface area contributed by atoms with E-state index in [4.69, 9.17) is 0 Å². The molecular formula is C13H18N4. The van der Waals surface area contributed by atoms with Crippen molar-refractivity contribution in [1.82, 2.24) is 14.2 Å². The maximum atomic E-state index is 4.24. The minimum Gasteiger partial charge on any atom is -0.330 e. The number of aryl methyl sites for hydroxylation is 2. The molecule has 0 aliphatic heterocycles. The molecule has 2 aromatic heterocycles. The van der Waals surface area contributed by atoms with E-state index >= 15 is 0 Å². The van der Waals surface area contributed by atoms with E-state index in [1.54, 1.807) is 0 Å². The fourth-order valence-electron chi connectivity index (χ4n) is 2.23. The summed E-state index contributed by atoms with van der Waals surface area (Å²) < 4.78 is 4.42. The summed E-state index contributed by atoms with van der Waals surface area (Å²) in [4.78, 5) is 4.24. The molecule has 4 nitrogen and oxygen atoms in total. The van der Waals surface area contributed by atoms with Crippen molar-refractivity contribution in [2.45, 2.75) is 39.3 Å². The third-order valence-electron chi connectivity index (χ3n) is 3.38. The Labute approximate surface area is 101 Å². The topological polar surface area (TPSA) is 34.8 Å². The lowest BCUT2D eigenvalue weighted by atomic mass is 10.4. The molecule has 0 aromatic carbocycles. The molecule has 0 radical (unpaired) electrons. The maximum absolute atomic E-state index is 4.24. The normalized spacial score (nSPS) is 15.2. The molecule has 17 heavy (non-hydrogen) atoms. The third kappa shape index (κ3) is 1.95. The number of aromatic nitrogens is 3. The SMILES string of the molecule is Cc1ccc(C)n1NCc1cncn1C1CC1. The van der Waals surface area contributed by atoms with Gasteiger partial charge in [0.25, 0.3) is 0 Å². The van der Waals surface area contributed by atoms with Crippen LogP contribution in [0.4, 0.5) is 0 Å². The molecule has 0 saturated heterocycles. The van der Waals surface area contributed by atoms with Gasteiger partial charge in [0.1, 0.15) is 0 Å². The minimum absolute atomic E-state index is 0.696. The van der Waals surface area contributed by atoms with Crippen LogP contribution in [0.3, 0.4) is 0 Å². The van der Waals surface area contributed by atoms with Crippen molar-refractivity contribution >= 4 is 0 Å². The van der Waals surface area contributed by atoms with E-state index in [1.807, 2.05) is 12.5 Å². The quantitative estimate of drug-likeness (QED) is 0.875. The summed E-state index contributed by atoms with van der Waals surface area (Å²) in [6.45, 7) is 5.04. The fraction of sp³-hybridized carbons (Fsp3) is 0.462. The summed E-state index contributed by atoms with van der Waals surface area (Å²) in [6, 6.07) is 4.95. The molecule has 90 valence electrons. The number of rotatable bonds is 4. The molecular weight excluding hydrogens is 212 g/mol. The molecule has 0 bridgehead atoms. The Bertz CT molecular complexity index is 500. The standard InChI is InChI=1S/C13H18N4/c1-10-3-4-11(2)17(10)15-8-13-7-14-9-16(13)12-5-6-12/h3-4,7,9,12,15H,5-6,8H2,1-2H3. The summed E-state index contributed by atoms with van der Waals surface area (Å²) in [5.74, 6) is 0. The van der Waals surface area contributed by atoms with E-state index in [1.165, 1.54) is 29.9 Å². The van der Waals surface area contributed by atoms with Crippen LogP contribution in [0.15, 0.2) is 24.7 Å². The van der Waals surface area contributed by atoms with Crippen molar-refractivity contribution in [3.63, 3.8) is 0 Å². The highest BCUT2D eigenvalue weighted by Gasteiger charge is 2.24. The van der Waals surface area contributed by atoms with E-state index in [0.29, 0.717) is 6.04 Å². The lowest BCUT2D eigenvalue weighted by Crippen LogP contribution is -2.18. The van der Waals surface area contributed by atoms with Gasteiger partial charge >= 0.3 is 0 Å². The van der Waals surface area contributed by atoms with Crippen molar-refractivity contribution in [3.8, 4) is 0 Å². The van der Waals surface area contributed by atoms with Crippen LogP contribution in [0.2, 0.25) is 0 Å². The molecule has 0 unspecified atom stereocenters. The lowest BCUT2D eigenvalue weighted by molar-refractivity contribution is 0.677. The molecule has 1 N–H and O–H groups in total. The summed E-state index contributed by atoms with van der Waals surface area (Å²) in [6.07, 6.45) is 6.50. The van der Waals surface area contributed by atoms with Gasteiger partial charge < -0.3 is 9.99 Å². The zero-order chi connectivity index (χ0) is 11.8. The highest BCUT2D eigenvalue weighted by molar-refractivity contribution is 5.16. The second-order valence-electron chi connectivity index (χ2n) is 4.81. The second kappa shape index (κ2) is 3.95. The average molecular weight is 230 g/mol. The van der Waals surface area contributed by atoms with Crippen LogP contribution in [0.1, 0.15) is 36.0 Å². The van der Waals surface area contributed by atoms with Gasteiger partial charge in [-0.25, -0.2) is 4.98 Å². The first-order chi connectivity index (χ1) is 8.25. The van der Waals surface area contributed by atoms with E-state index in [9.17, 15) is 0 Å². The minimum atomic E-state index is 0.696. The Hall–Kier alpha value is -1.71. The fourth-order valence-corrected chi connectivity index (χ4v) is 2.23. The van der Waals surface area contributed by atoms with Gasteiger partial charge in [0.2, 0.25) is 0 Å². The van der Waals surface area contributed by atoms with Gasteiger partial charge in [-0.15, -0.1) is 0 Å². The van der Waals surface area contributed by atoms with Gasteiger partial charge in [-0.2, -0.15) is 0 Å². The number of nitrogens with zero attached hydrogens (tertiary/aromatic N) is 3. The van der Waals surface area contributed by atoms with Crippen molar-refractivity contribution < 1.29 is 0 Å². The second-order valence-corrected chi connectivity index (χ2v) is 4.81. The first-order valence-corrected chi connectivity index (χ1v) is 6.15. The van der Waals surface area contributed by atoms with Gasteiger partial charge in [-0.05, 0) is 38.8 Å². The lowest BCUT2D eigenvalue weighted by Gasteiger charge is -2.13. The van der Waals surface area contributed by atoms with Crippen LogP contribution in [0.25, 0.3) is 0 Å². The highest BCUT2D eigenvalue weighted by atomic mass is 15.4. The number of nitrogens with one attached hydrogen (secondary N) is 1. The molecule has 0 spiro atoms. The van der Waals surface area contributed by atoms with Gasteiger partial charge in [-0.3, -0.25) is 4.68 Å². The van der Waals surface area contributed by atoms with Gasteiger partial charge in [0.15, 0.2) is 0 Å². The molecule has 1 saturated carbocycles. The first kappa shape index (κ1) is 10.4. The monoisotopic (exact) mass is 230 g/mol. The number of imidazole rings is 1. The Balaban J connectivity index is 1.73. The number of hydrogen-bond donors (Lipinski definition) is 1. The Morgan fingerprint density at radius 3 is 2.65 bits per heavy atom. The predicted molar refractivity (Wildman–Crippen MR) is 67.5 cm³/mol. The van der Waals surface area contributed by atoms with Crippen molar-refractivity contribution in [2.24, 2.45) is 0 Å². The predicted octanol–water partition coefficient (Wildman–Crippen LogP) is 2.38. The molecule has 2 aromatic rings. The van der Waals surface area contributed by atoms with Gasteiger partial charge in [0.05, 0.1) is 18.6 Å². The molecule has 0 amide bonds. The molecule has 4 heteroatoms. The van der Waals surface area contributed by atoms with Crippen LogP contribution in [-0.2, 0) is 6.54 Å². The van der Waals surface area contributed by atoms with Crippen molar-refractivity contribution in [3.05, 3.63) is 41.7 Å². The van der Waals surface area contributed by atoms with Crippen molar-refractivity contribution in [1.29, 1.82) is 0 Å². The van der Waals surface area contributed by atoms with E-state index < -0.39 is 0 Å². The van der Waals surface area contributed by atoms with Crippen LogP contribution < -0.4 is 5.43 Å². The largest absolute Gasteiger partial charge is 0.330 e. The summed E-state index contributed by atoms with van der Waals surface area (Å²) in [7, 11) is 0. The molecule has 3 rings (SSSR count). The van der Waals surface area contributed by atoms with Gasteiger partial charge in [0, 0.05) is 23.6 Å². The molecule has 0 atom stereocenters. The average Bonchev–Trinajstić information content (AvgIpc) is 2.98. The van der Waals surface area contributed by atoms with Crippen LogP contribution in [-0.4, -0.2) is 14.2 Å². The summed E-state index contributed by atoms with van der Waals surface area (Å²) >= 11 is 0. The zero-order valence-electron chi connectivity index (χ0n) is 10.3. The maximum Gasteiger partial charge on any atom is 0.0951 e. The van der Waals surface area contributed by atoms with Crippen LogP contribution >= 0.6 is 0 Å². The highest BCUT2D eigenvalue weighted by Crippen LogP contribution is 2.35. The number of hydrogen-bond acceptors (Lipinski definition) is 2. The summed E-state index contributed by atoms with van der Waals surface area (Å²) in [5, 5.41) is 0. The molecule has 2 heterocycles.